The smallest absolute Gasteiger partial charge is 0.123 e. The van der Waals surface area contributed by atoms with Gasteiger partial charge in [0.15, 0.2) is 0 Å². The fourth-order valence-electron chi connectivity index (χ4n) is 1.43. The van der Waals surface area contributed by atoms with Crippen molar-refractivity contribution in [3.8, 4) is 0 Å². The molecule has 0 aromatic heterocycles. The topological polar surface area (TPSA) is 21.3 Å². The number of rotatable bonds is 6. The highest BCUT2D eigenvalue weighted by Crippen LogP contribution is 2.12. The first-order chi connectivity index (χ1) is 7.24. The summed E-state index contributed by atoms with van der Waals surface area (Å²) < 4.78 is 17.9. The summed E-state index contributed by atoms with van der Waals surface area (Å²) in [5.41, 5.74) is 0.979. The number of methoxy groups -OCH3 is 1. The molecular weight excluding hydrogens is 193 g/mol. The maximum absolute atomic E-state index is 12.9. The second-order valence-electron chi connectivity index (χ2n) is 3.58. The van der Waals surface area contributed by atoms with Gasteiger partial charge in [-0.05, 0) is 37.6 Å². The van der Waals surface area contributed by atoms with Crippen molar-refractivity contribution >= 4 is 0 Å². The Morgan fingerprint density at radius 3 is 2.93 bits per heavy atom. The predicted molar refractivity (Wildman–Crippen MR) is 59.3 cm³/mol. The first-order valence-corrected chi connectivity index (χ1v) is 5.22. The highest BCUT2D eigenvalue weighted by Gasteiger charge is 2.04. The van der Waals surface area contributed by atoms with Crippen molar-refractivity contribution in [2.45, 2.75) is 19.4 Å². The Morgan fingerprint density at radius 2 is 2.27 bits per heavy atom. The molecule has 2 nitrogen and oxygen atoms in total. The lowest BCUT2D eigenvalue weighted by molar-refractivity contribution is 0.193. The lowest BCUT2D eigenvalue weighted by Crippen LogP contribution is -2.20. The van der Waals surface area contributed by atoms with E-state index >= 15 is 0 Å². The average Bonchev–Trinajstić information content (AvgIpc) is 2.24. The Balaban J connectivity index is 2.36. The van der Waals surface area contributed by atoms with Gasteiger partial charge in [0.2, 0.25) is 0 Å². The van der Waals surface area contributed by atoms with Crippen molar-refractivity contribution in [1.82, 2.24) is 5.32 Å². The van der Waals surface area contributed by atoms with Gasteiger partial charge in [0.1, 0.15) is 5.82 Å². The van der Waals surface area contributed by atoms with Crippen LogP contribution in [0.1, 0.15) is 24.9 Å². The van der Waals surface area contributed by atoms with E-state index in [1.165, 1.54) is 6.07 Å². The third-order valence-electron chi connectivity index (χ3n) is 2.32. The molecule has 0 saturated heterocycles. The molecule has 0 bridgehead atoms. The largest absolute Gasteiger partial charge is 0.385 e. The van der Waals surface area contributed by atoms with Gasteiger partial charge in [0.25, 0.3) is 0 Å². The number of halogens is 1. The third kappa shape index (κ3) is 4.40. The molecule has 0 aliphatic heterocycles. The van der Waals surface area contributed by atoms with Gasteiger partial charge in [0.05, 0.1) is 0 Å². The monoisotopic (exact) mass is 211 g/mol. The van der Waals surface area contributed by atoms with E-state index in [1.807, 2.05) is 13.0 Å². The molecule has 0 fully saturated rings. The minimum Gasteiger partial charge on any atom is -0.385 e. The maximum Gasteiger partial charge on any atom is 0.123 e. The zero-order chi connectivity index (χ0) is 11.1. The van der Waals surface area contributed by atoms with Gasteiger partial charge in [-0.15, -0.1) is 0 Å². The molecule has 0 heterocycles. The predicted octanol–water partition coefficient (Wildman–Crippen LogP) is 2.51. The number of hydrogen-bond acceptors (Lipinski definition) is 2. The fourth-order valence-corrected chi connectivity index (χ4v) is 1.43. The highest BCUT2D eigenvalue weighted by molar-refractivity contribution is 5.19. The number of benzene rings is 1. The van der Waals surface area contributed by atoms with Gasteiger partial charge in [-0.2, -0.15) is 0 Å². The second-order valence-corrected chi connectivity index (χ2v) is 3.58. The van der Waals surface area contributed by atoms with Crippen LogP contribution in [0.2, 0.25) is 0 Å². The molecule has 0 saturated carbocycles. The van der Waals surface area contributed by atoms with Crippen LogP contribution in [-0.4, -0.2) is 20.3 Å². The SMILES string of the molecule is COCCCN[C@@H](C)c1cccc(F)c1. The number of nitrogens with one attached hydrogen (secondary N) is 1. The molecule has 1 N–H and O–H groups in total. The highest BCUT2D eigenvalue weighted by atomic mass is 19.1. The van der Waals surface area contributed by atoms with Crippen LogP contribution in [0.25, 0.3) is 0 Å². The lowest BCUT2D eigenvalue weighted by Gasteiger charge is -2.13. The molecule has 0 amide bonds. The Morgan fingerprint density at radius 1 is 1.47 bits per heavy atom. The summed E-state index contributed by atoms with van der Waals surface area (Å²) in [4.78, 5) is 0. The van der Waals surface area contributed by atoms with Crippen molar-refractivity contribution in [3.05, 3.63) is 35.6 Å². The van der Waals surface area contributed by atoms with Crippen LogP contribution in [0.15, 0.2) is 24.3 Å². The summed E-state index contributed by atoms with van der Waals surface area (Å²) in [6, 6.07) is 6.86. The molecule has 1 rings (SSSR count). The Hall–Kier alpha value is -0.930. The quantitative estimate of drug-likeness (QED) is 0.730. The molecule has 84 valence electrons. The zero-order valence-electron chi connectivity index (χ0n) is 9.29. The first kappa shape index (κ1) is 12.1. The first-order valence-electron chi connectivity index (χ1n) is 5.22. The van der Waals surface area contributed by atoms with Crippen LogP contribution in [0, 0.1) is 5.82 Å². The van der Waals surface area contributed by atoms with Crippen LogP contribution in [0.4, 0.5) is 4.39 Å². The van der Waals surface area contributed by atoms with E-state index in [9.17, 15) is 4.39 Å². The molecule has 1 aromatic carbocycles. The molecule has 0 aliphatic rings. The van der Waals surface area contributed by atoms with Crippen LogP contribution in [0.3, 0.4) is 0 Å². The Bertz CT molecular complexity index is 291. The van der Waals surface area contributed by atoms with E-state index < -0.39 is 0 Å². The fraction of sp³-hybridized carbons (Fsp3) is 0.500. The van der Waals surface area contributed by atoms with E-state index in [4.69, 9.17) is 4.74 Å². The molecule has 1 atom stereocenters. The van der Waals surface area contributed by atoms with Crippen LogP contribution in [-0.2, 0) is 4.74 Å². The van der Waals surface area contributed by atoms with E-state index in [1.54, 1.807) is 19.2 Å². The van der Waals surface area contributed by atoms with Crippen molar-refractivity contribution in [1.29, 1.82) is 0 Å². The third-order valence-corrected chi connectivity index (χ3v) is 2.32. The van der Waals surface area contributed by atoms with Crippen molar-refractivity contribution in [2.75, 3.05) is 20.3 Å². The lowest BCUT2D eigenvalue weighted by atomic mass is 10.1. The normalized spacial score (nSPS) is 12.7. The number of hydrogen-bond donors (Lipinski definition) is 1. The molecule has 15 heavy (non-hydrogen) atoms. The molecular formula is C12H18FNO. The van der Waals surface area contributed by atoms with Crippen molar-refractivity contribution in [2.24, 2.45) is 0 Å². The molecule has 0 spiro atoms. The van der Waals surface area contributed by atoms with E-state index in [2.05, 4.69) is 5.32 Å². The van der Waals surface area contributed by atoms with Crippen LogP contribution < -0.4 is 5.32 Å². The molecule has 0 aliphatic carbocycles. The summed E-state index contributed by atoms with van der Waals surface area (Å²) in [5, 5.41) is 3.31. The summed E-state index contributed by atoms with van der Waals surface area (Å²) in [7, 11) is 1.69. The van der Waals surface area contributed by atoms with Gasteiger partial charge < -0.3 is 10.1 Å². The second kappa shape index (κ2) is 6.53. The average molecular weight is 211 g/mol. The Kier molecular flexibility index (Phi) is 5.29. The van der Waals surface area contributed by atoms with Gasteiger partial charge >= 0.3 is 0 Å². The summed E-state index contributed by atoms with van der Waals surface area (Å²) >= 11 is 0. The standard InChI is InChI=1S/C12H18FNO/c1-10(14-7-4-8-15-2)11-5-3-6-12(13)9-11/h3,5-6,9-10,14H,4,7-8H2,1-2H3/t10-/m0/s1. The maximum atomic E-state index is 12.9. The van der Waals surface area contributed by atoms with Crippen LogP contribution in [0.5, 0.6) is 0 Å². The van der Waals surface area contributed by atoms with E-state index in [0.29, 0.717) is 0 Å². The summed E-state index contributed by atoms with van der Waals surface area (Å²) in [6.07, 6.45) is 0.968. The van der Waals surface area contributed by atoms with E-state index in [0.717, 1.165) is 25.1 Å². The molecule has 0 radical (unpaired) electrons. The van der Waals surface area contributed by atoms with Gasteiger partial charge in [-0.25, -0.2) is 4.39 Å². The summed E-state index contributed by atoms with van der Waals surface area (Å²) in [6.45, 7) is 3.66. The zero-order valence-corrected chi connectivity index (χ0v) is 9.29. The van der Waals surface area contributed by atoms with E-state index in [-0.39, 0.29) is 11.9 Å². The van der Waals surface area contributed by atoms with Crippen molar-refractivity contribution in [3.63, 3.8) is 0 Å². The van der Waals surface area contributed by atoms with Crippen molar-refractivity contribution < 1.29 is 9.13 Å². The molecule has 0 unspecified atom stereocenters. The molecule has 1 aromatic rings. The summed E-state index contributed by atoms with van der Waals surface area (Å²) in [5.74, 6) is -0.182. The van der Waals surface area contributed by atoms with Gasteiger partial charge in [-0.1, -0.05) is 12.1 Å². The van der Waals surface area contributed by atoms with Crippen LogP contribution >= 0.6 is 0 Å². The molecule has 3 heteroatoms. The van der Waals surface area contributed by atoms with Gasteiger partial charge in [0, 0.05) is 19.8 Å². The van der Waals surface area contributed by atoms with Gasteiger partial charge in [-0.3, -0.25) is 0 Å². The Labute approximate surface area is 90.4 Å². The minimum atomic E-state index is -0.182. The number of ether oxygens (including phenoxy) is 1. The minimum absolute atomic E-state index is 0.178.